The van der Waals surface area contributed by atoms with Crippen molar-refractivity contribution in [2.24, 2.45) is 0 Å². The number of thiazole rings is 1. The van der Waals surface area contributed by atoms with Gasteiger partial charge in [0.2, 0.25) is 0 Å². The van der Waals surface area contributed by atoms with Crippen LogP contribution in [-0.4, -0.2) is 47.7 Å². The highest BCUT2D eigenvalue weighted by atomic mass is 35.5. The number of hydrogen-bond donors (Lipinski definition) is 1. The van der Waals surface area contributed by atoms with Crippen LogP contribution in [0.25, 0.3) is 10.8 Å². The number of methoxy groups -OCH3 is 2. The van der Waals surface area contributed by atoms with Crippen molar-refractivity contribution in [2.75, 3.05) is 26.1 Å². The average molecular weight is 435 g/mol. The molecule has 1 N–H and O–H groups in total. The first-order chi connectivity index (χ1) is 14.0. The highest BCUT2D eigenvalue weighted by molar-refractivity contribution is 7.13. The van der Waals surface area contributed by atoms with Crippen LogP contribution >= 0.6 is 22.9 Å². The number of carbonyl (C=O) groups is 2. The molecule has 0 saturated carbocycles. The third-order valence-electron chi connectivity index (χ3n) is 3.55. The average Bonchev–Trinajstić information content (AvgIpc) is 3.23. The quantitative estimate of drug-likeness (QED) is 0.564. The summed E-state index contributed by atoms with van der Waals surface area (Å²) in [6.45, 7) is -0.514. The second-order valence-electron chi connectivity index (χ2n) is 5.42. The lowest BCUT2D eigenvalue weighted by molar-refractivity contribution is -0.119. The second-order valence-corrected chi connectivity index (χ2v) is 6.69. The first-order valence-corrected chi connectivity index (χ1v) is 9.39. The molecule has 11 heteroatoms. The minimum absolute atomic E-state index is 0.0651. The van der Waals surface area contributed by atoms with Crippen LogP contribution < -0.4 is 14.8 Å². The maximum Gasteiger partial charge on any atom is 0.358 e. The molecule has 0 unspecified atom stereocenters. The fraction of sp³-hybridized carbons (Fsp3) is 0.167. The lowest BCUT2D eigenvalue weighted by Gasteiger charge is -2.13. The van der Waals surface area contributed by atoms with Crippen LogP contribution in [-0.2, 0) is 9.53 Å². The van der Waals surface area contributed by atoms with Gasteiger partial charge in [0.1, 0.15) is 11.5 Å². The van der Waals surface area contributed by atoms with Crippen LogP contribution in [0, 0.1) is 0 Å². The summed E-state index contributed by atoms with van der Waals surface area (Å²) in [7, 11) is 2.90. The van der Waals surface area contributed by atoms with Crippen molar-refractivity contribution in [2.45, 2.75) is 0 Å². The molecule has 29 heavy (non-hydrogen) atoms. The minimum atomic E-state index is -0.738. The van der Waals surface area contributed by atoms with E-state index in [1.807, 2.05) is 0 Å². The van der Waals surface area contributed by atoms with Gasteiger partial charge in [-0.3, -0.25) is 4.79 Å². The van der Waals surface area contributed by atoms with Gasteiger partial charge in [-0.05, 0) is 12.1 Å². The molecular formula is C18H15ClN4O5S. The van der Waals surface area contributed by atoms with Gasteiger partial charge in [-0.2, -0.15) is 0 Å². The summed E-state index contributed by atoms with van der Waals surface area (Å²) in [4.78, 5) is 36.6. The van der Waals surface area contributed by atoms with Crippen LogP contribution in [0.2, 0.25) is 5.02 Å². The molecule has 0 bridgehead atoms. The molecule has 0 spiro atoms. The van der Waals surface area contributed by atoms with Crippen molar-refractivity contribution in [3.63, 3.8) is 0 Å². The molecule has 2 heterocycles. The monoisotopic (exact) mass is 434 g/mol. The predicted octanol–water partition coefficient (Wildman–Crippen LogP) is 3.07. The summed E-state index contributed by atoms with van der Waals surface area (Å²) in [5.74, 6) is -0.164. The molecule has 0 fully saturated rings. The van der Waals surface area contributed by atoms with E-state index in [1.54, 1.807) is 18.5 Å². The third-order valence-corrected chi connectivity index (χ3v) is 4.69. The Balaban J connectivity index is 1.61. The van der Waals surface area contributed by atoms with Gasteiger partial charge in [-0.25, -0.2) is 19.7 Å². The number of halogens is 1. The minimum Gasteiger partial charge on any atom is -0.495 e. The van der Waals surface area contributed by atoms with Crippen molar-refractivity contribution in [3.8, 4) is 22.3 Å². The number of rotatable bonds is 7. The zero-order chi connectivity index (χ0) is 20.8. The van der Waals surface area contributed by atoms with Crippen LogP contribution in [0.5, 0.6) is 11.5 Å². The molecule has 0 atom stereocenters. The maximum absolute atomic E-state index is 12.2. The van der Waals surface area contributed by atoms with E-state index < -0.39 is 18.5 Å². The van der Waals surface area contributed by atoms with E-state index in [9.17, 15) is 9.59 Å². The number of aromatic nitrogens is 3. The number of amides is 1. The molecule has 9 nitrogen and oxygen atoms in total. The van der Waals surface area contributed by atoms with Crippen LogP contribution in [0.4, 0.5) is 5.69 Å². The molecule has 0 aliphatic heterocycles. The first kappa shape index (κ1) is 20.5. The van der Waals surface area contributed by atoms with Crippen LogP contribution in [0.1, 0.15) is 10.5 Å². The molecule has 150 valence electrons. The number of benzene rings is 1. The van der Waals surface area contributed by atoms with E-state index in [0.29, 0.717) is 33.0 Å². The summed E-state index contributed by atoms with van der Waals surface area (Å²) in [6.07, 6.45) is 3.15. The Hall–Kier alpha value is -3.24. The molecule has 0 radical (unpaired) electrons. The maximum atomic E-state index is 12.2. The van der Waals surface area contributed by atoms with E-state index in [2.05, 4.69) is 20.3 Å². The van der Waals surface area contributed by atoms with Gasteiger partial charge < -0.3 is 19.5 Å². The van der Waals surface area contributed by atoms with Crippen molar-refractivity contribution in [1.82, 2.24) is 15.0 Å². The molecule has 0 aliphatic carbocycles. The van der Waals surface area contributed by atoms with Crippen molar-refractivity contribution >= 4 is 40.5 Å². The summed E-state index contributed by atoms with van der Waals surface area (Å²) < 4.78 is 15.3. The number of nitrogens with zero attached hydrogens (tertiary/aromatic N) is 3. The van der Waals surface area contributed by atoms with Crippen LogP contribution in [0.3, 0.4) is 0 Å². The smallest absolute Gasteiger partial charge is 0.358 e. The summed E-state index contributed by atoms with van der Waals surface area (Å²) in [5, 5.41) is 4.85. The van der Waals surface area contributed by atoms with E-state index >= 15 is 0 Å². The number of ether oxygens (including phenoxy) is 3. The van der Waals surface area contributed by atoms with E-state index in [1.165, 1.54) is 43.1 Å². The molecule has 0 aliphatic rings. The lowest BCUT2D eigenvalue weighted by Crippen LogP contribution is -2.21. The van der Waals surface area contributed by atoms with E-state index in [-0.39, 0.29) is 5.69 Å². The predicted molar refractivity (Wildman–Crippen MR) is 107 cm³/mol. The molecule has 1 aromatic carbocycles. The highest BCUT2D eigenvalue weighted by Crippen LogP contribution is 2.35. The Morgan fingerprint density at radius 3 is 2.55 bits per heavy atom. The SMILES string of the molecule is COc1cc(OC)c(NC(=O)COC(=O)c2csc(-c3ncccn3)n2)cc1Cl. The third kappa shape index (κ3) is 4.98. The highest BCUT2D eigenvalue weighted by Gasteiger charge is 2.17. The van der Waals surface area contributed by atoms with Gasteiger partial charge in [-0.15, -0.1) is 11.3 Å². The zero-order valence-electron chi connectivity index (χ0n) is 15.3. The normalized spacial score (nSPS) is 10.3. The fourth-order valence-corrected chi connectivity index (χ4v) is 3.20. The zero-order valence-corrected chi connectivity index (χ0v) is 16.9. The Bertz CT molecular complexity index is 1030. The van der Waals surface area contributed by atoms with E-state index in [0.717, 1.165) is 0 Å². The number of nitrogens with one attached hydrogen (secondary N) is 1. The molecule has 3 aromatic rings. The molecule has 3 rings (SSSR count). The standard InChI is InChI=1S/C18H15ClN4O5S/c1-26-13-7-14(27-2)11(6-10(13)19)22-15(24)8-28-18(25)12-9-29-17(23-12)16-20-4-3-5-21-16/h3-7,9H,8H2,1-2H3,(H,22,24). The van der Waals surface area contributed by atoms with E-state index in [4.69, 9.17) is 25.8 Å². The van der Waals surface area contributed by atoms with Crippen molar-refractivity contribution in [3.05, 3.63) is 46.7 Å². The Morgan fingerprint density at radius 1 is 1.14 bits per heavy atom. The molecule has 1 amide bonds. The molecule has 2 aromatic heterocycles. The molecular weight excluding hydrogens is 420 g/mol. The van der Waals surface area contributed by atoms with Crippen molar-refractivity contribution < 1.29 is 23.8 Å². The molecule has 0 saturated heterocycles. The number of esters is 1. The fourth-order valence-electron chi connectivity index (χ4n) is 2.23. The van der Waals surface area contributed by atoms with Gasteiger partial charge in [-0.1, -0.05) is 11.6 Å². The van der Waals surface area contributed by atoms with Gasteiger partial charge in [0.25, 0.3) is 5.91 Å². The largest absolute Gasteiger partial charge is 0.495 e. The Kier molecular flexibility index (Phi) is 6.57. The van der Waals surface area contributed by atoms with Gasteiger partial charge in [0.05, 0.1) is 24.9 Å². The van der Waals surface area contributed by atoms with Gasteiger partial charge >= 0.3 is 5.97 Å². The first-order valence-electron chi connectivity index (χ1n) is 8.13. The van der Waals surface area contributed by atoms with Gasteiger partial charge in [0, 0.05) is 23.8 Å². The number of hydrogen-bond acceptors (Lipinski definition) is 9. The summed E-state index contributed by atoms with van der Waals surface area (Å²) in [5.41, 5.74) is 0.381. The topological polar surface area (TPSA) is 113 Å². The number of carbonyl (C=O) groups excluding carboxylic acids is 2. The van der Waals surface area contributed by atoms with Gasteiger partial charge in [0.15, 0.2) is 23.1 Å². The van der Waals surface area contributed by atoms with Crippen molar-refractivity contribution in [1.29, 1.82) is 0 Å². The second kappa shape index (κ2) is 9.30. The summed E-state index contributed by atoms with van der Waals surface area (Å²) in [6, 6.07) is 4.69. The summed E-state index contributed by atoms with van der Waals surface area (Å²) >= 11 is 7.27. The Labute approximate surface area is 174 Å². The lowest BCUT2D eigenvalue weighted by atomic mass is 10.2. The van der Waals surface area contributed by atoms with Crippen LogP contribution in [0.15, 0.2) is 36.0 Å². The Morgan fingerprint density at radius 2 is 1.86 bits per heavy atom. The number of anilines is 1.